The fourth-order valence-corrected chi connectivity index (χ4v) is 2.90. The van der Waals surface area contributed by atoms with Crippen LogP contribution in [-0.4, -0.2) is 30.3 Å². The molecule has 0 spiro atoms. The largest absolute Gasteiger partial charge is 0.384 e. The summed E-state index contributed by atoms with van der Waals surface area (Å²) in [4.78, 5) is 0.0949. The quantitative estimate of drug-likeness (QED) is 0.719. The summed E-state index contributed by atoms with van der Waals surface area (Å²) in [5.41, 5.74) is 1.99. The Labute approximate surface area is 123 Å². The van der Waals surface area contributed by atoms with E-state index in [1.165, 1.54) is 6.07 Å². The third kappa shape index (κ3) is 3.92. The molecule has 0 aliphatic rings. The Morgan fingerprint density at radius 2 is 2.24 bits per heavy atom. The zero-order valence-corrected chi connectivity index (χ0v) is 12.2. The summed E-state index contributed by atoms with van der Waals surface area (Å²) in [6, 6.07) is 4.89. The van der Waals surface area contributed by atoms with Gasteiger partial charge in [0.2, 0.25) is 10.0 Å². The smallest absolute Gasteiger partial charge is 0.242 e. The van der Waals surface area contributed by atoms with E-state index < -0.39 is 10.0 Å². The summed E-state index contributed by atoms with van der Waals surface area (Å²) >= 11 is 0. The molecule has 0 aliphatic heterocycles. The number of aliphatic hydroxyl groups excluding tert-OH is 1. The minimum atomic E-state index is -3.69. The number of nitrogens with one attached hydrogen (secondary N) is 2. The van der Waals surface area contributed by atoms with Gasteiger partial charge in [0.15, 0.2) is 0 Å². The van der Waals surface area contributed by atoms with Crippen LogP contribution in [0.1, 0.15) is 16.7 Å². The number of aromatic nitrogens is 2. The molecular formula is C14H15N3O3S. The zero-order valence-electron chi connectivity index (χ0n) is 11.4. The molecule has 0 bridgehead atoms. The van der Waals surface area contributed by atoms with Gasteiger partial charge in [-0.2, -0.15) is 5.10 Å². The third-order valence-electron chi connectivity index (χ3n) is 2.75. The standard InChI is InChI=1S/C14H15N3O3S/c1-11-4-5-14(13(7-11)3-2-6-18)21(19,20)17-10-12-8-15-16-9-12/h4-5,7-9,17-18H,6,10H2,1H3,(H,15,16). The van der Waals surface area contributed by atoms with E-state index in [1.807, 2.05) is 6.92 Å². The van der Waals surface area contributed by atoms with Crippen LogP contribution in [0.5, 0.6) is 0 Å². The zero-order chi connectivity index (χ0) is 15.3. The summed E-state index contributed by atoms with van der Waals surface area (Å²) in [5, 5.41) is 15.1. The lowest BCUT2D eigenvalue weighted by molar-refractivity contribution is 0.350. The van der Waals surface area contributed by atoms with E-state index in [-0.39, 0.29) is 18.0 Å². The molecule has 7 heteroatoms. The van der Waals surface area contributed by atoms with Crippen LogP contribution >= 0.6 is 0 Å². The van der Waals surface area contributed by atoms with Gasteiger partial charge in [-0.05, 0) is 24.6 Å². The summed E-state index contributed by atoms with van der Waals surface area (Å²) in [5.74, 6) is 5.14. The third-order valence-corrected chi connectivity index (χ3v) is 4.21. The van der Waals surface area contributed by atoms with Gasteiger partial charge in [-0.3, -0.25) is 5.10 Å². The number of H-pyrrole nitrogens is 1. The molecule has 1 aromatic carbocycles. The number of aryl methyl sites for hydroxylation is 1. The Kier molecular flexibility index (Phi) is 4.75. The predicted octanol–water partition coefficient (Wildman–Crippen LogP) is 0.540. The molecule has 3 N–H and O–H groups in total. The normalized spacial score (nSPS) is 11.0. The van der Waals surface area contributed by atoms with Gasteiger partial charge in [-0.1, -0.05) is 17.9 Å². The fourth-order valence-electron chi connectivity index (χ4n) is 1.74. The van der Waals surface area contributed by atoms with Crippen molar-refractivity contribution in [2.45, 2.75) is 18.4 Å². The molecule has 2 aromatic rings. The van der Waals surface area contributed by atoms with E-state index in [2.05, 4.69) is 26.8 Å². The van der Waals surface area contributed by atoms with E-state index in [4.69, 9.17) is 5.11 Å². The van der Waals surface area contributed by atoms with Gasteiger partial charge in [0.25, 0.3) is 0 Å². The number of sulfonamides is 1. The number of hydrogen-bond acceptors (Lipinski definition) is 4. The maximum absolute atomic E-state index is 12.4. The van der Waals surface area contributed by atoms with Gasteiger partial charge in [-0.25, -0.2) is 13.1 Å². The lowest BCUT2D eigenvalue weighted by Gasteiger charge is -2.08. The molecule has 1 heterocycles. The number of rotatable bonds is 4. The van der Waals surface area contributed by atoms with Crippen molar-refractivity contribution in [3.05, 3.63) is 47.3 Å². The molecule has 0 radical (unpaired) electrons. The lowest BCUT2D eigenvalue weighted by atomic mass is 10.1. The van der Waals surface area contributed by atoms with Crippen molar-refractivity contribution in [1.82, 2.24) is 14.9 Å². The molecule has 0 amide bonds. The van der Waals surface area contributed by atoms with Crippen LogP contribution < -0.4 is 4.72 Å². The predicted molar refractivity (Wildman–Crippen MR) is 77.8 cm³/mol. The monoisotopic (exact) mass is 305 g/mol. The Balaban J connectivity index is 2.30. The molecule has 21 heavy (non-hydrogen) atoms. The molecule has 2 rings (SSSR count). The second-order valence-corrected chi connectivity index (χ2v) is 6.13. The van der Waals surface area contributed by atoms with Gasteiger partial charge in [-0.15, -0.1) is 0 Å². The minimum Gasteiger partial charge on any atom is -0.384 e. The van der Waals surface area contributed by atoms with Gasteiger partial charge in [0, 0.05) is 23.9 Å². The molecule has 0 saturated carbocycles. The first-order chi connectivity index (χ1) is 10.0. The summed E-state index contributed by atoms with van der Waals surface area (Å²) in [6.07, 6.45) is 3.16. The minimum absolute atomic E-state index is 0.0949. The second-order valence-electron chi connectivity index (χ2n) is 4.39. The maximum atomic E-state index is 12.4. The van der Waals surface area contributed by atoms with Crippen molar-refractivity contribution in [3.63, 3.8) is 0 Å². The van der Waals surface area contributed by atoms with Crippen LogP contribution in [0, 0.1) is 18.8 Å². The molecule has 6 nitrogen and oxygen atoms in total. The molecule has 0 unspecified atom stereocenters. The highest BCUT2D eigenvalue weighted by Crippen LogP contribution is 2.17. The van der Waals surface area contributed by atoms with Crippen molar-refractivity contribution in [3.8, 4) is 11.8 Å². The van der Waals surface area contributed by atoms with Gasteiger partial charge < -0.3 is 5.11 Å². The molecule has 0 aliphatic carbocycles. The molecular weight excluding hydrogens is 290 g/mol. The van der Waals surface area contributed by atoms with Crippen molar-refractivity contribution in [2.75, 3.05) is 6.61 Å². The summed E-state index contributed by atoms with van der Waals surface area (Å²) < 4.78 is 27.2. The highest BCUT2D eigenvalue weighted by molar-refractivity contribution is 7.89. The van der Waals surface area contributed by atoms with Crippen molar-refractivity contribution in [2.24, 2.45) is 0 Å². The van der Waals surface area contributed by atoms with E-state index in [0.29, 0.717) is 5.56 Å². The number of aromatic amines is 1. The Hall–Kier alpha value is -2.14. The van der Waals surface area contributed by atoms with Crippen LogP contribution in [0.4, 0.5) is 0 Å². The lowest BCUT2D eigenvalue weighted by Crippen LogP contribution is -2.24. The van der Waals surface area contributed by atoms with Gasteiger partial charge in [0.05, 0.1) is 11.1 Å². The maximum Gasteiger partial charge on any atom is 0.242 e. The van der Waals surface area contributed by atoms with Crippen LogP contribution in [0.15, 0.2) is 35.5 Å². The van der Waals surface area contributed by atoms with Crippen LogP contribution in [0.2, 0.25) is 0 Å². The Morgan fingerprint density at radius 1 is 1.43 bits per heavy atom. The topological polar surface area (TPSA) is 95.1 Å². The highest BCUT2D eigenvalue weighted by atomic mass is 32.2. The van der Waals surface area contributed by atoms with E-state index in [9.17, 15) is 8.42 Å². The van der Waals surface area contributed by atoms with Gasteiger partial charge in [0.1, 0.15) is 6.61 Å². The van der Waals surface area contributed by atoms with E-state index in [0.717, 1.165) is 11.1 Å². The number of nitrogens with zero attached hydrogens (tertiary/aromatic N) is 1. The molecule has 1 aromatic heterocycles. The summed E-state index contributed by atoms with van der Waals surface area (Å²) in [6.45, 7) is 1.66. The number of benzene rings is 1. The number of hydrogen-bond donors (Lipinski definition) is 3. The average molecular weight is 305 g/mol. The van der Waals surface area contributed by atoms with Crippen LogP contribution in [-0.2, 0) is 16.6 Å². The molecule has 0 fully saturated rings. The molecule has 0 saturated heterocycles. The van der Waals surface area contributed by atoms with Crippen LogP contribution in [0.25, 0.3) is 0 Å². The average Bonchev–Trinajstić information content (AvgIpc) is 2.96. The Morgan fingerprint density at radius 3 is 2.90 bits per heavy atom. The fraction of sp³-hybridized carbons (Fsp3) is 0.214. The second kappa shape index (κ2) is 6.54. The first-order valence-electron chi connectivity index (χ1n) is 6.20. The summed E-state index contributed by atoms with van der Waals surface area (Å²) in [7, 11) is -3.69. The Bertz CT molecular complexity index is 772. The highest BCUT2D eigenvalue weighted by Gasteiger charge is 2.17. The molecule has 110 valence electrons. The van der Waals surface area contributed by atoms with Gasteiger partial charge >= 0.3 is 0 Å². The SMILES string of the molecule is Cc1ccc(S(=O)(=O)NCc2cn[nH]c2)c(C#CCO)c1. The van der Waals surface area contributed by atoms with E-state index >= 15 is 0 Å². The molecule has 0 atom stereocenters. The first kappa shape index (κ1) is 15.3. The van der Waals surface area contributed by atoms with Crippen molar-refractivity contribution in [1.29, 1.82) is 0 Å². The first-order valence-corrected chi connectivity index (χ1v) is 7.69. The van der Waals surface area contributed by atoms with Crippen molar-refractivity contribution < 1.29 is 13.5 Å². The van der Waals surface area contributed by atoms with E-state index in [1.54, 1.807) is 24.5 Å². The van der Waals surface area contributed by atoms with Crippen molar-refractivity contribution >= 4 is 10.0 Å². The van der Waals surface area contributed by atoms with Crippen LogP contribution in [0.3, 0.4) is 0 Å². The number of aliphatic hydroxyl groups is 1.